The average Bonchev–Trinajstić information content (AvgIpc) is 3.42. The van der Waals surface area contributed by atoms with E-state index >= 15 is 0 Å². The molecule has 2 rings (SSSR count). The Kier molecular flexibility index (Phi) is 43.3. The number of hydrogen-bond acceptors (Lipinski definition) is 15. The highest BCUT2D eigenvalue weighted by molar-refractivity contribution is 5.70. The molecule has 0 aromatic heterocycles. The fourth-order valence-electron chi connectivity index (χ4n) is 9.34. The highest BCUT2D eigenvalue weighted by Crippen LogP contribution is 2.27. The van der Waals surface area contributed by atoms with Gasteiger partial charge in [-0.2, -0.15) is 0 Å². The topological polar surface area (TPSA) is 231 Å². The molecule has 442 valence electrons. The maximum atomic E-state index is 13.1. The lowest BCUT2D eigenvalue weighted by atomic mass is 9.98. The van der Waals surface area contributed by atoms with E-state index in [1.807, 2.05) is 6.08 Å². The number of esters is 2. The third-order valence-corrected chi connectivity index (χ3v) is 14.3. The van der Waals surface area contributed by atoms with Gasteiger partial charge < -0.3 is 64.2 Å². The van der Waals surface area contributed by atoms with Crippen molar-refractivity contribution in [3.8, 4) is 0 Å². The number of allylic oxidation sites excluding steroid dienone is 8. The third kappa shape index (κ3) is 33.8. The van der Waals surface area contributed by atoms with Crippen molar-refractivity contribution in [2.45, 2.75) is 300 Å². The van der Waals surface area contributed by atoms with Crippen molar-refractivity contribution in [2.24, 2.45) is 0 Å². The second-order valence-corrected chi connectivity index (χ2v) is 21.2. The van der Waals surface area contributed by atoms with Gasteiger partial charge >= 0.3 is 11.9 Å². The van der Waals surface area contributed by atoms with Crippen LogP contribution in [0.4, 0.5) is 0 Å². The zero-order chi connectivity index (χ0) is 55.3. The maximum absolute atomic E-state index is 13.1. The minimum atomic E-state index is -1.78. The molecule has 7 N–H and O–H groups in total. The van der Waals surface area contributed by atoms with Gasteiger partial charge in [0.25, 0.3) is 0 Å². The van der Waals surface area contributed by atoms with E-state index in [1.54, 1.807) is 0 Å². The van der Waals surface area contributed by atoms with Crippen LogP contribution in [0.5, 0.6) is 0 Å². The number of carbonyl (C=O) groups is 2. The summed E-state index contributed by atoms with van der Waals surface area (Å²) in [6.45, 7) is 2.54. The molecule has 0 spiro atoms. The Hall–Kier alpha value is -2.54. The molecule has 0 radical (unpaired) electrons. The number of aliphatic hydroxyl groups is 7. The van der Waals surface area contributed by atoms with Crippen molar-refractivity contribution in [1.82, 2.24) is 0 Å². The van der Waals surface area contributed by atoms with E-state index in [-0.39, 0.29) is 19.4 Å². The van der Waals surface area contributed by atoms with Gasteiger partial charge in [-0.05, 0) is 70.6 Å². The van der Waals surface area contributed by atoms with E-state index in [0.717, 1.165) is 32.1 Å². The van der Waals surface area contributed by atoms with Crippen molar-refractivity contribution in [2.75, 3.05) is 26.4 Å². The van der Waals surface area contributed by atoms with E-state index in [0.29, 0.717) is 25.7 Å². The lowest BCUT2D eigenvalue weighted by Gasteiger charge is -2.42. The van der Waals surface area contributed by atoms with Gasteiger partial charge in [0.2, 0.25) is 0 Å². The fraction of sp³-hybridized carbons (Fsp3) is 0.836. The molecule has 2 fully saturated rings. The molecule has 0 aromatic carbocycles. The molecule has 0 saturated carbocycles. The van der Waals surface area contributed by atoms with Crippen LogP contribution in [-0.4, -0.2) is 142 Å². The quantitative estimate of drug-likeness (QED) is 0.0171. The molecule has 15 nitrogen and oxygen atoms in total. The molecule has 0 amide bonds. The molecule has 2 aliphatic rings. The predicted molar refractivity (Wildman–Crippen MR) is 298 cm³/mol. The first kappa shape index (κ1) is 69.6. The van der Waals surface area contributed by atoms with E-state index in [9.17, 15) is 45.3 Å². The first-order chi connectivity index (χ1) is 37.0. The summed E-state index contributed by atoms with van der Waals surface area (Å²) in [6, 6.07) is 0. The maximum Gasteiger partial charge on any atom is 0.306 e. The molecule has 4 unspecified atom stereocenters. The molecule has 0 aliphatic carbocycles. The number of carbonyl (C=O) groups excluding carboxylic acids is 2. The smallest absolute Gasteiger partial charge is 0.306 e. The van der Waals surface area contributed by atoms with E-state index < -0.39 is 99.3 Å². The van der Waals surface area contributed by atoms with Gasteiger partial charge in [-0.25, -0.2) is 0 Å². The van der Waals surface area contributed by atoms with Gasteiger partial charge in [0.05, 0.1) is 19.8 Å². The lowest BCUT2D eigenvalue weighted by Crippen LogP contribution is -2.61. The number of hydrogen-bond donors (Lipinski definition) is 7. The molecule has 2 saturated heterocycles. The van der Waals surface area contributed by atoms with Gasteiger partial charge in [0, 0.05) is 12.8 Å². The second-order valence-electron chi connectivity index (χ2n) is 21.2. The van der Waals surface area contributed by atoms with Crippen LogP contribution in [0, 0.1) is 0 Å². The van der Waals surface area contributed by atoms with Crippen LogP contribution in [0.1, 0.15) is 232 Å². The van der Waals surface area contributed by atoms with E-state index in [2.05, 4.69) is 56.4 Å². The van der Waals surface area contributed by atoms with Crippen LogP contribution in [0.2, 0.25) is 0 Å². The Balaban J connectivity index is 1.77. The van der Waals surface area contributed by atoms with Crippen molar-refractivity contribution >= 4 is 11.9 Å². The fourth-order valence-corrected chi connectivity index (χ4v) is 9.34. The van der Waals surface area contributed by atoms with Crippen LogP contribution in [0.25, 0.3) is 0 Å². The Bertz CT molecular complexity index is 1500. The first-order valence-corrected chi connectivity index (χ1v) is 30.2. The first-order valence-electron chi connectivity index (χ1n) is 30.2. The highest BCUT2D eigenvalue weighted by Gasteiger charge is 2.47. The summed E-state index contributed by atoms with van der Waals surface area (Å²) in [5, 5.41) is 72.3. The average molecular weight is 1080 g/mol. The molecule has 15 heteroatoms. The molecule has 11 atom stereocenters. The number of ether oxygens (including phenoxy) is 6. The summed E-state index contributed by atoms with van der Waals surface area (Å²) in [5.41, 5.74) is 0. The third-order valence-electron chi connectivity index (χ3n) is 14.3. The summed E-state index contributed by atoms with van der Waals surface area (Å²) in [4.78, 5) is 25.9. The van der Waals surface area contributed by atoms with Crippen LogP contribution >= 0.6 is 0 Å². The highest BCUT2D eigenvalue weighted by atomic mass is 16.7. The lowest BCUT2D eigenvalue weighted by molar-refractivity contribution is -0.332. The van der Waals surface area contributed by atoms with Crippen molar-refractivity contribution in [1.29, 1.82) is 0 Å². The Morgan fingerprint density at radius 1 is 0.421 bits per heavy atom. The standard InChI is InChI=1S/C61H108O15/c1-3-5-7-9-11-13-15-17-19-21-22-23-24-25-26-28-30-32-34-36-38-40-42-44-53(64)74-49(46-71-52(63)43-41-39-37-35-33-31-29-27-20-18-16-14-12-10-8-6-4-2)47-72-60-59(70)57(68)55(66)51(76-60)48-73-61-58(69)56(67)54(65)50(45-62)75-61/h28-31,35-38,49-51,54-62,65-70H,3-27,32-34,39-48H2,1-2H3/b30-28+,31-29+,37-35+,38-36+/t49-,50+,51+,54-,55-,56?,57?,58?,59?,60+,61+/m1/s1. The normalized spacial score (nSPS) is 24.6. The second kappa shape index (κ2) is 47.3. The summed E-state index contributed by atoms with van der Waals surface area (Å²) in [6.07, 6.45) is 38.7. The molecular weight excluding hydrogens is 973 g/mol. The Labute approximate surface area is 458 Å². The van der Waals surface area contributed by atoms with Gasteiger partial charge in [-0.3, -0.25) is 9.59 Å². The Morgan fingerprint density at radius 3 is 1.28 bits per heavy atom. The molecule has 0 aromatic rings. The van der Waals surface area contributed by atoms with E-state index in [4.69, 9.17) is 28.4 Å². The number of unbranched alkanes of at least 4 members (excludes halogenated alkanes) is 26. The molecule has 2 aliphatic heterocycles. The van der Waals surface area contributed by atoms with Gasteiger partial charge in [0.15, 0.2) is 18.7 Å². The summed E-state index contributed by atoms with van der Waals surface area (Å²) < 4.78 is 33.6. The van der Waals surface area contributed by atoms with Crippen LogP contribution in [0.15, 0.2) is 48.6 Å². The van der Waals surface area contributed by atoms with Crippen molar-refractivity contribution < 1.29 is 73.8 Å². The van der Waals surface area contributed by atoms with E-state index in [1.165, 1.54) is 148 Å². The zero-order valence-electron chi connectivity index (χ0n) is 47.2. The summed E-state index contributed by atoms with van der Waals surface area (Å²) in [5.74, 6) is -1.02. The van der Waals surface area contributed by atoms with Gasteiger partial charge in [0.1, 0.15) is 55.4 Å². The number of rotatable bonds is 48. The van der Waals surface area contributed by atoms with Gasteiger partial charge in [-0.15, -0.1) is 0 Å². The largest absolute Gasteiger partial charge is 0.462 e. The monoisotopic (exact) mass is 1080 g/mol. The number of aliphatic hydroxyl groups excluding tert-OH is 7. The van der Waals surface area contributed by atoms with Gasteiger partial charge in [-0.1, -0.05) is 197 Å². The SMILES string of the molecule is CCCCCCCCCCC/C=C/C/C=C/CCCC(=O)OC[C@H](CO[C@H]1O[C@@H](CO[C@H]2O[C@@H](CO)[C@@H](O)C(O)C2O)[C@@H](O)C(O)C1O)OC(=O)CCC/C=C/CC/C=C/CCCCCCCCCCCCCCCC. The summed E-state index contributed by atoms with van der Waals surface area (Å²) in [7, 11) is 0. The van der Waals surface area contributed by atoms with Crippen molar-refractivity contribution in [3.05, 3.63) is 48.6 Å². The minimum Gasteiger partial charge on any atom is -0.462 e. The summed E-state index contributed by atoms with van der Waals surface area (Å²) >= 11 is 0. The molecule has 2 heterocycles. The zero-order valence-corrected chi connectivity index (χ0v) is 47.2. The Morgan fingerprint density at radius 2 is 0.803 bits per heavy atom. The van der Waals surface area contributed by atoms with Crippen LogP contribution in [0.3, 0.4) is 0 Å². The van der Waals surface area contributed by atoms with Crippen molar-refractivity contribution in [3.63, 3.8) is 0 Å². The molecule has 0 bridgehead atoms. The predicted octanol–water partition coefficient (Wildman–Crippen LogP) is 10.6. The molecular formula is C61H108O15. The van der Waals surface area contributed by atoms with Crippen LogP contribution in [-0.2, 0) is 38.0 Å². The minimum absolute atomic E-state index is 0.0967. The molecule has 76 heavy (non-hydrogen) atoms. The van der Waals surface area contributed by atoms with Crippen LogP contribution < -0.4 is 0 Å².